The minimum Gasteiger partial charge on any atom is -0.444 e. The van der Waals surface area contributed by atoms with Crippen LogP contribution in [0.4, 0.5) is 4.79 Å². The molecule has 72 valence electrons. The zero-order valence-electron chi connectivity index (χ0n) is 8.13. The molecule has 0 aliphatic carbocycles. The lowest BCUT2D eigenvalue weighted by Crippen LogP contribution is -2.32. The van der Waals surface area contributed by atoms with Gasteiger partial charge in [0.15, 0.2) is 0 Å². The van der Waals surface area contributed by atoms with Gasteiger partial charge in [-0.25, -0.2) is 4.79 Å². The maximum Gasteiger partial charge on any atom is 0.407 e. The van der Waals surface area contributed by atoms with Crippen LogP contribution in [0.5, 0.6) is 0 Å². The summed E-state index contributed by atoms with van der Waals surface area (Å²) >= 11 is 0. The third-order valence-electron chi connectivity index (χ3n) is 0.956. The maximum absolute atomic E-state index is 11.0. The summed E-state index contributed by atoms with van der Waals surface area (Å²) in [5.41, 5.74) is -0.483. The Labute approximate surface area is 78.2 Å². The SMILES string of the molecule is CC(C)(C)OC(=O)NCC=CC#N. The lowest BCUT2D eigenvalue weighted by Gasteiger charge is -2.19. The average molecular weight is 182 g/mol. The number of amides is 1. The Morgan fingerprint density at radius 1 is 1.62 bits per heavy atom. The predicted octanol–water partition coefficient (Wildman–Crippen LogP) is 1.59. The fourth-order valence-corrected chi connectivity index (χ4v) is 0.568. The molecular formula is C9H14N2O2. The minimum absolute atomic E-state index is 0.308. The van der Waals surface area contributed by atoms with Gasteiger partial charge in [0.2, 0.25) is 0 Å². The molecule has 1 N–H and O–H groups in total. The largest absolute Gasteiger partial charge is 0.444 e. The summed E-state index contributed by atoms with van der Waals surface area (Å²) in [7, 11) is 0. The molecule has 0 spiro atoms. The first-order valence-corrected chi connectivity index (χ1v) is 3.97. The molecule has 0 heterocycles. The normalized spacial score (nSPS) is 10.9. The topological polar surface area (TPSA) is 62.1 Å². The summed E-state index contributed by atoms with van der Waals surface area (Å²) in [6, 6.07) is 1.82. The predicted molar refractivity (Wildman–Crippen MR) is 49.0 cm³/mol. The Balaban J connectivity index is 3.66. The highest BCUT2D eigenvalue weighted by molar-refractivity contribution is 5.67. The molecular weight excluding hydrogens is 168 g/mol. The Kier molecular flexibility index (Phi) is 4.60. The highest BCUT2D eigenvalue weighted by Gasteiger charge is 2.14. The fourth-order valence-electron chi connectivity index (χ4n) is 0.568. The van der Waals surface area contributed by atoms with Crippen LogP contribution in [0.2, 0.25) is 0 Å². The van der Waals surface area contributed by atoms with Gasteiger partial charge in [-0.1, -0.05) is 6.08 Å². The van der Waals surface area contributed by atoms with E-state index in [9.17, 15) is 4.79 Å². The number of alkyl carbamates (subject to hydrolysis) is 1. The molecule has 0 radical (unpaired) electrons. The number of carbonyl (C=O) groups is 1. The lowest BCUT2D eigenvalue weighted by atomic mass is 10.2. The van der Waals surface area contributed by atoms with E-state index >= 15 is 0 Å². The Bertz CT molecular complexity index is 233. The van der Waals surface area contributed by atoms with Gasteiger partial charge in [-0.15, -0.1) is 0 Å². The smallest absolute Gasteiger partial charge is 0.407 e. The molecule has 0 atom stereocenters. The van der Waals surface area contributed by atoms with Crippen LogP contribution in [-0.2, 0) is 4.74 Å². The van der Waals surface area contributed by atoms with Crippen LogP contribution < -0.4 is 5.32 Å². The number of hydrogen-bond acceptors (Lipinski definition) is 3. The molecule has 4 heteroatoms. The van der Waals surface area contributed by atoms with Gasteiger partial charge in [-0.05, 0) is 20.8 Å². The number of hydrogen-bond donors (Lipinski definition) is 1. The number of nitriles is 1. The first kappa shape index (κ1) is 11.5. The van der Waals surface area contributed by atoms with Gasteiger partial charge in [0.25, 0.3) is 0 Å². The zero-order valence-corrected chi connectivity index (χ0v) is 8.13. The van der Waals surface area contributed by atoms with Crippen molar-refractivity contribution in [1.82, 2.24) is 5.32 Å². The van der Waals surface area contributed by atoms with Crippen LogP contribution in [0.3, 0.4) is 0 Å². The van der Waals surface area contributed by atoms with Crippen molar-refractivity contribution in [3.8, 4) is 6.07 Å². The quantitative estimate of drug-likeness (QED) is 0.659. The zero-order chi connectivity index (χ0) is 10.3. The highest BCUT2D eigenvalue weighted by Crippen LogP contribution is 2.05. The molecule has 0 aromatic carbocycles. The molecule has 1 amide bonds. The van der Waals surface area contributed by atoms with E-state index in [0.29, 0.717) is 6.54 Å². The third-order valence-corrected chi connectivity index (χ3v) is 0.956. The number of nitrogens with zero attached hydrogens (tertiary/aromatic N) is 1. The van der Waals surface area contributed by atoms with Crippen molar-refractivity contribution < 1.29 is 9.53 Å². The van der Waals surface area contributed by atoms with Gasteiger partial charge in [0.1, 0.15) is 5.60 Å². The summed E-state index contributed by atoms with van der Waals surface area (Å²) in [4.78, 5) is 11.0. The first-order chi connectivity index (χ1) is 5.95. The molecule has 0 saturated carbocycles. The summed E-state index contributed by atoms with van der Waals surface area (Å²) in [5.74, 6) is 0. The fraction of sp³-hybridized carbons (Fsp3) is 0.556. The standard InChI is InChI=1S/C9H14N2O2/c1-9(2,3)13-8(12)11-7-5-4-6-10/h4-5H,7H2,1-3H3,(H,11,12). The van der Waals surface area contributed by atoms with E-state index in [1.807, 2.05) is 6.07 Å². The second-order valence-corrected chi connectivity index (χ2v) is 3.41. The second-order valence-electron chi connectivity index (χ2n) is 3.41. The molecule has 0 unspecified atom stereocenters. The molecule has 0 aliphatic heterocycles. The molecule has 0 aliphatic rings. The first-order valence-electron chi connectivity index (χ1n) is 3.97. The van der Waals surface area contributed by atoms with Crippen molar-refractivity contribution in [2.24, 2.45) is 0 Å². The summed E-state index contributed by atoms with van der Waals surface area (Å²) < 4.78 is 4.95. The average Bonchev–Trinajstić information content (AvgIpc) is 1.94. The van der Waals surface area contributed by atoms with Crippen molar-refractivity contribution in [2.75, 3.05) is 6.54 Å². The molecule has 0 rings (SSSR count). The minimum atomic E-state index is -0.483. The maximum atomic E-state index is 11.0. The molecule has 0 fully saturated rings. The van der Waals surface area contributed by atoms with Gasteiger partial charge < -0.3 is 10.1 Å². The van der Waals surface area contributed by atoms with Crippen LogP contribution >= 0.6 is 0 Å². The Morgan fingerprint density at radius 2 is 2.23 bits per heavy atom. The van der Waals surface area contributed by atoms with Gasteiger partial charge in [0.05, 0.1) is 6.07 Å². The molecule has 0 saturated heterocycles. The number of allylic oxidation sites excluding steroid dienone is 1. The van der Waals surface area contributed by atoms with Crippen molar-refractivity contribution in [3.63, 3.8) is 0 Å². The lowest BCUT2D eigenvalue weighted by molar-refractivity contribution is 0.0534. The van der Waals surface area contributed by atoms with Crippen LogP contribution in [-0.4, -0.2) is 18.2 Å². The molecule has 0 aromatic heterocycles. The summed E-state index contributed by atoms with van der Waals surface area (Å²) in [6.45, 7) is 5.68. The summed E-state index contributed by atoms with van der Waals surface area (Å²) in [5, 5.41) is 10.6. The molecule has 0 aromatic rings. The molecule has 0 bridgehead atoms. The van der Waals surface area contributed by atoms with Crippen LogP contribution in [0.15, 0.2) is 12.2 Å². The van der Waals surface area contributed by atoms with Gasteiger partial charge in [-0.2, -0.15) is 5.26 Å². The van der Waals surface area contributed by atoms with Crippen LogP contribution in [0.25, 0.3) is 0 Å². The number of rotatable bonds is 2. The van der Waals surface area contributed by atoms with Crippen LogP contribution in [0, 0.1) is 11.3 Å². The molecule has 13 heavy (non-hydrogen) atoms. The van der Waals surface area contributed by atoms with Crippen molar-refractivity contribution in [1.29, 1.82) is 5.26 Å². The van der Waals surface area contributed by atoms with E-state index in [1.54, 1.807) is 26.8 Å². The van der Waals surface area contributed by atoms with E-state index in [4.69, 9.17) is 10.00 Å². The van der Waals surface area contributed by atoms with E-state index in [0.717, 1.165) is 0 Å². The van der Waals surface area contributed by atoms with Gasteiger partial charge in [-0.3, -0.25) is 0 Å². The van der Waals surface area contributed by atoms with E-state index < -0.39 is 11.7 Å². The number of carbonyl (C=O) groups excluding carboxylic acids is 1. The third kappa shape index (κ3) is 8.41. The van der Waals surface area contributed by atoms with Crippen molar-refractivity contribution in [2.45, 2.75) is 26.4 Å². The van der Waals surface area contributed by atoms with E-state index in [2.05, 4.69) is 5.32 Å². The van der Waals surface area contributed by atoms with Gasteiger partial charge in [0, 0.05) is 12.6 Å². The molecule has 4 nitrogen and oxygen atoms in total. The van der Waals surface area contributed by atoms with E-state index in [1.165, 1.54) is 6.08 Å². The van der Waals surface area contributed by atoms with Crippen molar-refractivity contribution in [3.05, 3.63) is 12.2 Å². The number of nitrogens with one attached hydrogen (secondary N) is 1. The van der Waals surface area contributed by atoms with Crippen LogP contribution in [0.1, 0.15) is 20.8 Å². The second kappa shape index (κ2) is 5.20. The summed E-state index contributed by atoms with van der Waals surface area (Å²) in [6.07, 6.45) is 2.37. The monoisotopic (exact) mass is 182 g/mol. The Morgan fingerprint density at radius 3 is 2.69 bits per heavy atom. The highest BCUT2D eigenvalue weighted by atomic mass is 16.6. The van der Waals surface area contributed by atoms with E-state index in [-0.39, 0.29) is 0 Å². The van der Waals surface area contributed by atoms with Crippen molar-refractivity contribution >= 4 is 6.09 Å². The van der Waals surface area contributed by atoms with Gasteiger partial charge >= 0.3 is 6.09 Å². The Hall–Kier alpha value is -1.50. The number of ether oxygens (including phenoxy) is 1.